The third kappa shape index (κ3) is 9.40. The molecule has 0 bridgehead atoms. The van der Waals surface area contributed by atoms with Crippen LogP contribution >= 0.6 is 0 Å². The first kappa shape index (κ1) is 19.7. The van der Waals surface area contributed by atoms with Crippen LogP contribution in [0.2, 0.25) is 0 Å². The summed E-state index contributed by atoms with van der Waals surface area (Å²) in [6, 6.07) is 0.416. The van der Waals surface area contributed by atoms with E-state index < -0.39 is 5.60 Å². The van der Waals surface area contributed by atoms with E-state index in [1.807, 2.05) is 20.8 Å². The van der Waals surface area contributed by atoms with Crippen molar-refractivity contribution < 1.29 is 19.1 Å². The van der Waals surface area contributed by atoms with Gasteiger partial charge in [-0.2, -0.15) is 0 Å². The van der Waals surface area contributed by atoms with Gasteiger partial charge >= 0.3 is 6.09 Å². The Labute approximate surface area is 138 Å². The molecule has 1 saturated heterocycles. The van der Waals surface area contributed by atoms with Crippen molar-refractivity contribution in [2.45, 2.75) is 64.1 Å². The predicted molar refractivity (Wildman–Crippen MR) is 88.3 cm³/mol. The van der Waals surface area contributed by atoms with Crippen molar-refractivity contribution in [1.82, 2.24) is 16.0 Å². The number of hydrogen-bond acceptors (Lipinski definition) is 5. The highest BCUT2D eigenvalue weighted by Gasteiger charge is 2.21. The number of ether oxygens (including phenoxy) is 2. The fraction of sp³-hybridized carbons (Fsp3) is 0.875. The number of rotatable bonds is 9. The molecule has 3 N–H and O–H groups in total. The van der Waals surface area contributed by atoms with Crippen molar-refractivity contribution in [3.05, 3.63) is 0 Å². The zero-order chi connectivity index (χ0) is 17.3. The van der Waals surface area contributed by atoms with Gasteiger partial charge in [-0.3, -0.25) is 4.79 Å². The molecule has 134 valence electrons. The van der Waals surface area contributed by atoms with Crippen LogP contribution in [-0.2, 0) is 14.3 Å². The van der Waals surface area contributed by atoms with Crippen LogP contribution in [0, 0.1) is 0 Å². The van der Waals surface area contributed by atoms with Gasteiger partial charge in [0.05, 0.1) is 6.61 Å². The molecule has 0 spiro atoms. The second-order valence-electron chi connectivity index (χ2n) is 6.93. The molecular weight excluding hydrogens is 298 g/mol. The lowest BCUT2D eigenvalue weighted by atomic mass is 10.1. The summed E-state index contributed by atoms with van der Waals surface area (Å²) in [5, 5.41) is 9.12. The fourth-order valence-corrected chi connectivity index (χ4v) is 2.44. The number of amides is 2. The average molecular weight is 329 g/mol. The number of nitrogens with one attached hydrogen (secondary N) is 3. The maximum atomic E-state index is 11.5. The molecule has 0 aromatic heterocycles. The first-order chi connectivity index (χ1) is 10.8. The second-order valence-corrected chi connectivity index (χ2v) is 6.93. The molecule has 1 rings (SSSR count). The summed E-state index contributed by atoms with van der Waals surface area (Å²) in [6.45, 7) is 7.44. The minimum atomic E-state index is -0.476. The molecule has 2 atom stereocenters. The third-order valence-electron chi connectivity index (χ3n) is 3.50. The minimum absolute atomic E-state index is 0.127. The van der Waals surface area contributed by atoms with Crippen molar-refractivity contribution in [1.29, 1.82) is 0 Å². The molecule has 2 amide bonds. The van der Waals surface area contributed by atoms with Gasteiger partial charge in [0.25, 0.3) is 0 Å². The first-order valence-corrected chi connectivity index (χ1v) is 8.28. The van der Waals surface area contributed by atoms with Crippen molar-refractivity contribution in [3.8, 4) is 0 Å². The second kappa shape index (κ2) is 9.72. The van der Waals surface area contributed by atoms with Gasteiger partial charge in [-0.25, -0.2) is 4.79 Å². The number of hydrogen-bond donors (Lipinski definition) is 3. The van der Waals surface area contributed by atoms with Crippen LogP contribution in [0.3, 0.4) is 0 Å². The van der Waals surface area contributed by atoms with E-state index in [1.165, 1.54) is 0 Å². The standard InChI is InChI=1S/C16H31N3O4/c1-16(2,3)23-15(21)17-9-5-6-13(11-22-4)18-10-12-7-8-14(20)19-12/h12-13,18H,5-11H2,1-4H3,(H,17,21)(H,19,20). The molecule has 2 unspecified atom stereocenters. The average Bonchev–Trinajstić information content (AvgIpc) is 2.84. The first-order valence-electron chi connectivity index (χ1n) is 8.28. The molecule has 0 aromatic carbocycles. The monoisotopic (exact) mass is 329 g/mol. The van der Waals surface area contributed by atoms with E-state index in [0.717, 1.165) is 25.8 Å². The fourth-order valence-electron chi connectivity index (χ4n) is 2.44. The van der Waals surface area contributed by atoms with Crippen LogP contribution in [0.5, 0.6) is 0 Å². The molecule has 0 aliphatic carbocycles. The molecule has 23 heavy (non-hydrogen) atoms. The summed E-state index contributed by atoms with van der Waals surface area (Å²) in [5.74, 6) is 0.127. The van der Waals surface area contributed by atoms with Crippen molar-refractivity contribution >= 4 is 12.0 Å². The molecular formula is C16H31N3O4. The Hall–Kier alpha value is -1.34. The van der Waals surface area contributed by atoms with E-state index in [1.54, 1.807) is 7.11 Å². The van der Waals surface area contributed by atoms with E-state index in [4.69, 9.17) is 9.47 Å². The van der Waals surface area contributed by atoms with E-state index in [0.29, 0.717) is 19.6 Å². The maximum absolute atomic E-state index is 11.5. The number of carbonyl (C=O) groups excluding carboxylic acids is 2. The summed E-state index contributed by atoms with van der Waals surface area (Å²) in [5.41, 5.74) is -0.476. The van der Waals surface area contributed by atoms with E-state index in [-0.39, 0.29) is 24.1 Å². The molecule has 0 radical (unpaired) electrons. The van der Waals surface area contributed by atoms with E-state index in [2.05, 4.69) is 16.0 Å². The summed E-state index contributed by atoms with van der Waals surface area (Å²) in [6.07, 6.45) is 2.82. The van der Waals surface area contributed by atoms with Crippen LogP contribution in [0.1, 0.15) is 46.5 Å². The highest BCUT2D eigenvalue weighted by molar-refractivity contribution is 5.78. The quantitative estimate of drug-likeness (QED) is 0.553. The van der Waals surface area contributed by atoms with Gasteiger partial charge in [0.1, 0.15) is 5.60 Å². The zero-order valence-electron chi connectivity index (χ0n) is 14.7. The van der Waals surface area contributed by atoms with Crippen molar-refractivity contribution in [3.63, 3.8) is 0 Å². The van der Waals surface area contributed by atoms with Crippen LogP contribution in [0.25, 0.3) is 0 Å². The number of alkyl carbamates (subject to hydrolysis) is 1. The predicted octanol–water partition coefficient (Wildman–Crippen LogP) is 1.17. The highest BCUT2D eigenvalue weighted by atomic mass is 16.6. The van der Waals surface area contributed by atoms with Gasteiger partial charge in [-0.15, -0.1) is 0 Å². The molecule has 1 aliphatic heterocycles. The van der Waals surface area contributed by atoms with Crippen LogP contribution in [0.4, 0.5) is 4.79 Å². The topological polar surface area (TPSA) is 88.7 Å². The summed E-state index contributed by atoms with van der Waals surface area (Å²) < 4.78 is 10.4. The lowest BCUT2D eigenvalue weighted by molar-refractivity contribution is -0.119. The van der Waals surface area contributed by atoms with Crippen LogP contribution in [-0.4, -0.2) is 56.5 Å². The van der Waals surface area contributed by atoms with Crippen molar-refractivity contribution in [2.75, 3.05) is 26.8 Å². The lowest BCUT2D eigenvalue weighted by Gasteiger charge is -2.21. The SMILES string of the molecule is COCC(CCCNC(=O)OC(C)(C)C)NCC1CCC(=O)N1. The van der Waals surface area contributed by atoms with Gasteiger partial charge in [0.15, 0.2) is 0 Å². The van der Waals surface area contributed by atoms with Gasteiger partial charge in [0.2, 0.25) is 5.91 Å². The molecule has 7 heteroatoms. The third-order valence-corrected chi connectivity index (χ3v) is 3.50. The van der Waals surface area contributed by atoms with Crippen LogP contribution < -0.4 is 16.0 Å². The molecule has 0 saturated carbocycles. The molecule has 7 nitrogen and oxygen atoms in total. The van der Waals surface area contributed by atoms with Crippen LogP contribution in [0.15, 0.2) is 0 Å². The molecule has 1 aliphatic rings. The van der Waals surface area contributed by atoms with Gasteiger partial charge in [-0.05, 0) is 40.0 Å². The maximum Gasteiger partial charge on any atom is 0.407 e. The smallest absolute Gasteiger partial charge is 0.407 e. The Morgan fingerprint density at radius 1 is 1.43 bits per heavy atom. The van der Waals surface area contributed by atoms with Crippen molar-refractivity contribution in [2.24, 2.45) is 0 Å². The number of methoxy groups -OCH3 is 1. The highest BCUT2D eigenvalue weighted by Crippen LogP contribution is 2.07. The Morgan fingerprint density at radius 2 is 2.17 bits per heavy atom. The van der Waals surface area contributed by atoms with E-state index in [9.17, 15) is 9.59 Å². The summed E-state index contributed by atoms with van der Waals surface area (Å²) in [7, 11) is 1.67. The number of carbonyl (C=O) groups is 2. The van der Waals surface area contributed by atoms with Gasteiger partial charge in [-0.1, -0.05) is 0 Å². The Kier molecular flexibility index (Phi) is 8.33. The largest absolute Gasteiger partial charge is 0.444 e. The van der Waals surface area contributed by atoms with Gasteiger partial charge in [0, 0.05) is 38.7 Å². The molecule has 1 heterocycles. The Morgan fingerprint density at radius 3 is 2.74 bits per heavy atom. The minimum Gasteiger partial charge on any atom is -0.444 e. The molecule has 1 fully saturated rings. The Bertz CT molecular complexity index is 382. The Balaban J connectivity index is 2.17. The molecule has 0 aromatic rings. The zero-order valence-corrected chi connectivity index (χ0v) is 14.7. The lowest BCUT2D eigenvalue weighted by Crippen LogP contribution is -2.42. The van der Waals surface area contributed by atoms with Gasteiger partial charge < -0.3 is 25.4 Å². The van der Waals surface area contributed by atoms with E-state index >= 15 is 0 Å². The summed E-state index contributed by atoms with van der Waals surface area (Å²) >= 11 is 0. The summed E-state index contributed by atoms with van der Waals surface area (Å²) in [4.78, 5) is 22.7. The normalized spacial score (nSPS) is 19.3.